The molecule has 0 aromatic carbocycles. The minimum absolute atomic E-state index is 0. The smallest absolute Gasteiger partial charge is 1.00 e. The van der Waals surface area contributed by atoms with Crippen LogP contribution in [0.4, 0.5) is 0 Å². The molecule has 0 N–H and O–H groups in total. The van der Waals surface area contributed by atoms with E-state index in [2.05, 4.69) is 0 Å². The van der Waals surface area contributed by atoms with Crippen molar-refractivity contribution in [1.29, 1.82) is 0 Å². The van der Waals surface area contributed by atoms with Crippen molar-refractivity contribution in [3.63, 3.8) is 0 Å². The summed E-state index contributed by atoms with van der Waals surface area (Å²) in [5.41, 5.74) is 0. The van der Waals surface area contributed by atoms with E-state index in [1.807, 2.05) is 0 Å². The van der Waals surface area contributed by atoms with Crippen molar-refractivity contribution in [3.05, 3.63) is 0 Å². The van der Waals surface area contributed by atoms with Gasteiger partial charge in [-0.1, -0.05) is 0 Å². The average molecular weight is 410 g/mol. The molecular weight excluding hydrogens is 406 g/mol. The molecule has 0 aromatic heterocycles. The molecule has 0 unspecified atom stereocenters. The predicted molar refractivity (Wildman–Crippen MR) is 35.3 cm³/mol. The zero-order chi connectivity index (χ0) is 10.7. The van der Waals surface area contributed by atoms with E-state index in [1.165, 1.54) is 0 Å². The van der Waals surface area contributed by atoms with Gasteiger partial charge < -0.3 is 47.9 Å². The van der Waals surface area contributed by atoms with Gasteiger partial charge in [-0.15, -0.1) is 0 Å². The fourth-order valence-electron chi connectivity index (χ4n) is 0. The van der Waals surface area contributed by atoms with Crippen molar-refractivity contribution in [1.82, 2.24) is 0 Å². The zero-order valence-electron chi connectivity index (χ0n) is 14.3. The van der Waals surface area contributed by atoms with E-state index < -0.39 is 27.5 Å². The summed E-state index contributed by atoms with van der Waals surface area (Å²) in [4.78, 5) is 51.1. The van der Waals surface area contributed by atoms with Gasteiger partial charge in [-0.2, -0.15) is 0 Å². The fraction of sp³-hybridized carbons (Fsp3) is 0. The molecule has 18 heteroatoms. The molecule has 0 aliphatic rings. The van der Waals surface area contributed by atoms with Gasteiger partial charge in [0.1, 0.15) is 0 Å². The van der Waals surface area contributed by atoms with Crippen LogP contribution < -0.4 is 191 Å². The Kier molecular flexibility index (Phi) is 156. The Hall–Kier alpha value is 5.19. The average Bonchev–Trinajstić information content (AvgIpc) is 1.54. The molecule has 18 heavy (non-hydrogen) atoms. The van der Waals surface area contributed by atoms with Gasteiger partial charge in [0.05, 0.1) is 0 Å². The summed E-state index contributed by atoms with van der Waals surface area (Å²) in [5.74, 6) is 0. The number of rotatable bonds is 0. The summed E-state index contributed by atoms with van der Waals surface area (Å²) < 4.78 is 25.6. The summed E-state index contributed by atoms with van der Waals surface area (Å²) >= 11 is 0. The second-order valence-electron chi connectivity index (χ2n) is 0.750. The van der Waals surface area contributed by atoms with Crippen molar-refractivity contribution in [3.8, 4) is 0 Å². The first-order valence-electron chi connectivity index (χ1n) is 1.84. The van der Waals surface area contributed by atoms with E-state index in [-0.39, 0.29) is 202 Å². The molecule has 0 saturated carbocycles. The Morgan fingerprint density at radius 2 is 0.556 bits per heavy atom. The first kappa shape index (κ1) is 56.7. The van der Waals surface area contributed by atoms with Gasteiger partial charge in [0, 0.05) is 27.5 Å². The molecule has 0 heterocycles. The summed E-state index contributed by atoms with van der Waals surface area (Å²) in [6.07, 6.45) is 0. The van der Waals surface area contributed by atoms with Crippen LogP contribution in [0.2, 0.25) is 0 Å². The van der Waals surface area contributed by atoms with E-state index in [9.17, 15) is 0 Å². The maximum atomic E-state index is 8.52. The molecule has 0 fully saturated rings. The van der Waals surface area contributed by atoms with E-state index >= 15 is 0 Å². The van der Waals surface area contributed by atoms with E-state index in [0.717, 1.165) is 0 Å². The minimum atomic E-state index is -3.63. The predicted octanol–water partition coefficient (Wildman–Crippen LogP) is -20.9. The Balaban J connectivity index is -0.00000000409. The number of hydrogen-bond acceptors (Lipinski definition) is 9. The van der Waals surface area contributed by atoms with Crippen LogP contribution in [0.25, 0.3) is 0 Å². The van der Waals surface area contributed by atoms with Crippen molar-refractivity contribution in [2.45, 2.75) is 0 Å². The maximum absolute atomic E-state index is 8.52. The van der Waals surface area contributed by atoms with Crippen LogP contribution in [0, 0.1) is 0 Å². The van der Waals surface area contributed by atoms with E-state index in [1.54, 1.807) is 0 Å². The molecule has 0 aromatic rings. The fourth-order valence-corrected chi connectivity index (χ4v) is 0. The van der Waals surface area contributed by atoms with Gasteiger partial charge in [0.2, 0.25) is 0 Å². The molecule has 9 nitrogen and oxygen atoms in total. The quantitative estimate of drug-likeness (QED) is 0.349. The van der Waals surface area contributed by atoms with Crippen LogP contribution in [0.3, 0.4) is 0 Å². The third kappa shape index (κ3) is 321. The third-order valence-electron chi connectivity index (χ3n) is 0. The van der Waals surface area contributed by atoms with Crippen LogP contribution in [-0.2, 0) is 13.4 Å². The summed E-state index contributed by atoms with van der Waals surface area (Å²) in [6.45, 7) is 0. The molecule has 0 spiro atoms. The molecular formula is H4Al2K2Na2O9Si3. The molecule has 0 atom stereocenters. The second-order valence-corrected chi connectivity index (χ2v) is 2.25. The van der Waals surface area contributed by atoms with Crippen LogP contribution in [-0.4, -0.2) is 62.2 Å². The van der Waals surface area contributed by atoms with Gasteiger partial charge in [-0.25, -0.2) is 0 Å². The maximum Gasteiger partial charge on any atom is 3.00 e. The molecule has 0 bridgehead atoms. The molecule has 80 valence electrons. The van der Waals surface area contributed by atoms with Gasteiger partial charge in [0.25, 0.3) is 0 Å². The van der Waals surface area contributed by atoms with Gasteiger partial charge in [0.15, 0.2) is 0 Å². The molecule has 0 amide bonds. The summed E-state index contributed by atoms with van der Waals surface area (Å²) in [6, 6.07) is 0. The van der Waals surface area contributed by atoms with E-state index in [0.29, 0.717) is 0 Å². The Bertz CT molecular complexity index is 148. The normalized spacial score (nSPS) is 4.00. The summed E-state index contributed by atoms with van der Waals surface area (Å²) in [7, 11) is -10.9. The molecule has 0 aliphatic heterocycles. The first-order valence-corrected chi connectivity index (χ1v) is 5.51. The minimum Gasteiger partial charge on any atom is -1.00 e. The van der Waals surface area contributed by atoms with Crippen LogP contribution in [0.15, 0.2) is 0 Å². The van der Waals surface area contributed by atoms with Gasteiger partial charge in [-0.05, 0) is 0 Å². The topological polar surface area (TPSA) is 190 Å². The largest absolute Gasteiger partial charge is 3.00 e. The van der Waals surface area contributed by atoms with Crippen LogP contribution in [0.5, 0.6) is 0 Å². The van der Waals surface area contributed by atoms with E-state index in [4.69, 9.17) is 42.2 Å². The summed E-state index contributed by atoms with van der Waals surface area (Å²) in [5, 5.41) is 0. The second kappa shape index (κ2) is 49.5. The number of hydrogen-bond donors (Lipinski definition) is 0. The Labute approximate surface area is 265 Å². The standard InChI is InChI=1S/2Al.2K.2Na.3O3Si.4H/c;;;;;;3*1-4(2)3;;;;/q2*+3;4*+1;3*-2;4*-1. The third-order valence-corrected chi connectivity index (χ3v) is 0. The van der Waals surface area contributed by atoms with Crippen molar-refractivity contribution in [2.24, 2.45) is 0 Å². The molecule has 0 aliphatic carbocycles. The Morgan fingerprint density at radius 1 is 0.556 bits per heavy atom. The van der Waals surface area contributed by atoms with Crippen molar-refractivity contribution >= 4 is 62.2 Å². The Morgan fingerprint density at radius 3 is 0.556 bits per heavy atom. The zero-order valence-corrected chi connectivity index (χ0v) is 25.9. The van der Waals surface area contributed by atoms with Crippen LogP contribution >= 0.6 is 0 Å². The van der Waals surface area contributed by atoms with Crippen molar-refractivity contribution < 1.29 is 210 Å². The SMILES string of the molecule is O=[Si]([O-])[O-].O=[Si]([O-])[O-].O=[Si]([O-])[O-].[Al+3].[Al+3].[H-].[H-].[H-].[H-].[K+].[K+].[Na+].[Na+]. The molecule has 0 saturated heterocycles. The van der Waals surface area contributed by atoms with Gasteiger partial charge >= 0.3 is 197 Å². The van der Waals surface area contributed by atoms with Crippen molar-refractivity contribution in [2.75, 3.05) is 0 Å². The first-order chi connectivity index (χ1) is 5.20. The monoisotopic (exact) mass is 410 g/mol. The molecule has 0 rings (SSSR count). The molecule has 0 radical (unpaired) electrons. The van der Waals surface area contributed by atoms with Gasteiger partial charge in [-0.3, -0.25) is 0 Å². The van der Waals surface area contributed by atoms with Crippen LogP contribution in [0.1, 0.15) is 5.71 Å².